The van der Waals surface area contributed by atoms with Crippen molar-refractivity contribution in [1.82, 2.24) is 15.0 Å². The number of nitrogens with zero attached hydrogens (tertiary/aromatic N) is 3. The summed E-state index contributed by atoms with van der Waals surface area (Å²) in [6, 6.07) is 4.55. The van der Waals surface area contributed by atoms with Crippen molar-refractivity contribution in [2.75, 3.05) is 5.32 Å². The summed E-state index contributed by atoms with van der Waals surface area (Å²) in [5.41, 5.74) is 1.57. The molecule has 1 fully saturated rings. The molecule has 1 saturated carbocycles. The van der Waals surface area contributed by atoms with Gasteiger partial charge < -0.3 is 5.32 Å². The summed E-state index contributed by atoms with van der Waals surface area (Å²) in [4.78, 5) is 13.0. The van der Waals surface area contributed by atoms with E-state index >= 15 is 0 Å². The second-order valence-corrected chi connectivity index (χ2v) is 4.93. The molecule has 1 aliphatic carbocycles. The van der Waals surface area contributed by atoms with Crippen LogP contribution >= 0.6 is 0 Å². The van der Waals surface area contributed by atoms with Gasteiger partial charge >= 0.3 is 0 Å². The minimum Gasteiger partial charge on any atom is -0.367 e. The molecule has 0 aromatic carbocycles. The SMILES string of the molecule is c1cnc2nc(NC3CCCCCC3)ccc2n1. The largest absolute Gasteiger partial charge is 0.367 e. The van der Waals surface area contributed by atoms with Gasteiger partial charge in [-0.1, -0.05) is 25.7 Å². The summed E-state index contributed by atoms with van der Waals surface area (Å²) in [6.45, 7) is 0. The molecule has 0 bridgehead atoms. The molecule has 2 aromatic rings. The van der Waals surface area contributed by atoms with Crippen molar-refractivity contribution in [3.05, 3.63) is 24.5 Å². The molecule has 0 radical (unpaired) electrons. The highest BCUT2D eigenvalue weighted by Gasteiger charge is 2.12. The first-order chi connectivity index (χ1) is 8.92. The predicted molar refractivity (Wildman–Crippen MR) is 72.4 cm³/mol. The lowest BCUT2D eigenvalue weighted by Crippen LogP contribution is -2.19. The molecule has 0 saturated heterocycles. The fraction of sp³-hybridized carbons (Fsp3) is 0.500. The second kappa shape index (κ2) is 5.29. The van der Waals surface area contributed by atoms with Gasteiger partial charge in [-0.25, -0.2) is 9.97 Å². The van der Waals surface area contributed by atoms with Crippen molar-refractivity contribution >= 4 is 17.0 Å². The monoisotopic (exact) mass is 242 g/mol. The van der Waals surface area contributed by atoms with Crippen LogP contribution in [0, 0.1) is 0 Å². The van der Waals surface area contributed by atoms with E-state index in [9.17, 15) is 0 Å². The molecule has 2 heterocycles. The van der Waals surface area contributed by atoms with Gasteiger partial charge in [0.1, 0.15) is 11.3 Å². The second-order valence-electron chi connectivity index (χ2n) is 4.93. The molecule has 4 heteroatoms. The zero-order valence-electron chi connectivity index (χ0n) is 10.5. The Hall–Kier alpha value is -1.71. The number of rotatable bonds is 2. The van der Waals surface area contributed by atoms with E-state index in [1.165, 1.54) is 38.5 Å². The maximum Gasteiger partial charge on any atom is 0.180 e. The van der Waals surface area contributed by atoms with E-state index in [0.717, 1.165) is 17.0 Å². The van der Waals surface area contributed by atoms with Crippen LogP contribution in [0.1, 0.15) is 38.5 Å². The first-order valence-electron chi connectivity index (χ1n) is 6.76. The van der Waals surface area contributed by atoms with Crippen molar-refractivity contribution in [3.8, 4) is 0 Å². The number of anilines is 1. The van der Waals surface area contributed by atoms with Gasteiger partial charge in [0.25, 0.3) is 0 Å². The first-order valence-corrected chi connectivity index (χ1v) is 6.76. The lowest BCUT2D eigenvalue weighted by molar-refractivity contribution is 0.618. The van der Waals surface area contributed by atoms with E-state index in [1.54, 1.807) is 12.4 Å². The van der Waals surface area contributed by atoms with Crippen molar-refractivity contribution in [2.45, 2.75) is 44.6 Å². The van der Waals surface area contributed by atoms with Crippen LogP contribution in [0.4, 0.5) is 5.82 Å². The van der Waals surface area contributed by atoms with Gasteiger partial charge in [-0.15, -0.1) is 0 Å². The Morgan fingerprint density at radius 3 is 2.56 bits per heavy atom. The molecular weight excluding hydrogens is 224 g/mol. The number of hydrogen-bond donors (Lipinski definition) is 1. The number of pyridine rings is 1. The summed E-state index contributed by atoms with van der Waals surface area (Å²) >= 11 is 0. The topological polar surface area (TPSA) is 50.7 Å². The van der Waals surface area contributed by atoms with Crippen molar-refractivity contribution in [2.24, 2.45) is 0 Å². The summed E-state index contributed by atoms with van der Waals surface area (Å²) in [6.07, 6.45) is 11.3. The van der Waals surface area contributed by atoms with Crippen molar-refractivity contribution in [1.29, 1.82) is 0 Å². The van der Waals surface area contributed by atoms with Gasteiger partial charge in [0.2, 0.25) is 0 Å². The zero-order valence-corrected chi connectivity index (χ0v) is 10.5. The predicted octanol–water partition coefficient (Wildman–Crippen LogP) is 3.16. The third kappa shape index (κ3) is 2.58. The molecule has 3 rings (SSSR count). The average molecular weight is 242 g/mol. The van der Waals surface area contributed by atoms with E-state index in [2.05, 4.69) is 20.3 Å². The number of aromatic nitrogens is 3. The summed E-state index contributed by atoms with van der Waals surface area (Å²) in [5, 5.41) is 3.53. The third-order valence-corrected chi connectivity index (χ3v) is 3.54. The van der Waals surface area contributed by atoms with Gasteiger partial charge in [-0.3, -0.25) is 4.98 Å². The Labute approximate surface area is 107 Å². The Morgan fingerprint density at radius 2 is 1.72 bits per heavy atom. The molecule has 0 amide bonds. The highest BCUT2D eigenvalue weighted by atomic mass is 15.0. The Balaban J connectivity index is 1.77. The van der Waals surface area contributed by atoms with Crippen LogP contribution < -0.4 is 5.32 Å². The Kier molecular flexibility index (Phi) is 3.35. The van der Waals surface area contributed by atoms with Crippen LogP contribution in [-0.2, 0) is 0 Å². The van der Waals surface area contributed by atoms with Crippen molar-refractivity contribution < 1.29 is 0 Å². The summed E-state index contributed by atoms with van der Waals surface area (Å²) in [5.74, 6) is 0.926. The molecule has 0 atom stereocenters. The lowest BCUT2D eigenvalue weighted by atomic mass is 10.1. The zero-order chi connectivity index (χ0) is 12.2. The van der Waals surface area contributed by atoms with E-state index in [-0.39, 0.29) is 0 Å². The highest BCUT2D eigenvalue weighted by molar-refractivity contribution is 5.71. The van der Waals surface area contributed by atoms with E-state index in [1.807, 2.05) is 12.1 Å². The fourth-order valence-electron chi connectivity index (χ4n) is 2.57. The smallest absolute Gasteiger partial charge is 0.180 e. The maximum absolute atomic E-state index is 4.52. The quantitative estimate of drug-likeness (QED) is 0.822. The average Bonchev–Trinajstić information content (AvgIpc) is 2.67. The normalized spacial score (nSPS) is 17.6. The Morgan fingerprint density at radius 1 is 0.944 bits per heavy atom. The van der Waals surface area contributed by atoms with E-state index < -0.39 is 0 Å². The minimum atomic E-state index is 0.564. The molecule has 1 aliphatic rings. The lowest BCUT2D eigenvalue weighted by Gasteiger charge is -2.16. The molecule has 2 aromatic heterocycles. The summed E-state index contributed by atoms with van der Waals surface area (Å²) < 4.78 is 0. The molecule has 18 heavy (non-hydrogen) atoms. The Bertz CT molecular complexity index is 518. The summed E-state index contributed by atoms with van der Waals surface area (Å²) in [7, 11) is 0. The fourth-order valence-corrected chi connectivity index (χ4v) is 2.57. The van der Waals surface area contributed by atoms with Crippen LogP contribution in [0.25, 0.3) is 11.2 Å². The van der Waals surface area contributed by atoms with Crippen LogP contribution in [0.5, 0.6) is 0 Å². The number of nitrogens with one attached hydrogen (secondary N) is 1. The van der Waals surface area contributed by atoms with E-state index in [0.29, 0.717) is 6.04 Å². The molecule has 94 valence electrons. The van der Waals surface area contributed by atoms with Gasteiger partial charge in [-0.2, -0.15) is 0 Å². The number of fused-ring (bicyclic) bond motifs is 1. The first kappa shape index (κ1) is 11.4. The third-order valence-electron chi connectivity index (χ3n) is 3.54. The van der Waals surface area contributed by atoms with Crippen molar-refractivity contribution in [3.63, 3.8) is 0 Å². The van der Waals surface area contributed by atoms with Crippen LogP contribution in [-0.4, -0.2) is 21.0 Å². The minimum absolute atomic E-state index is 0.564. The highest BCUT2D eigenvalue weighted by Crippen LogP contribution is 2.20. The molecule has 0 spiro atoms. The van der Waals surface area contributed by atoms with E-state index in [4.69, 9.17) is 0 Å². The van der Waals surface area contributed by atoms with Gasteiger partial charge in [0, 0.05) is 18.4 Å². The standard InChI is InChI=1S/C14H18N4/c1-2-4-6-11(5-3-1)17-13-8-7-12-14(18-13)16-10-9-15-12/h7-11H,1-6H2,(H,16,17,18). The van der Waals surface area contributed by atoms with Gasteiger partial charge in [-0.05, 0) is 25.0 Å². The van der Waals surface area contributed by atoms with Crippen LogP contribution in [0.2, 0.25) is 0 Å². The molecule has 4 nitrogen and oxygen atoms in total. The molecule has 0 unspecified atom stereocenters. The van der Waals surface area contributed by atoms with Crippen LogP contribution in [0.15, 0.2) is 24.5 Å². The van der Waals surface area contributed by atoms with Gasteiger partial charge in [0.15, 0.2) is 5.65 Å². The molecule has 1 N–H and O–H groups in total. The van der Waals surface area contributed by atoms with Crippen LogP contribution in [0.3, 0.4) is 0 Å². The molecular formula is C14H18N4. The maximum atomic E-state index is 4.52. The number of hydrogen-bond acceptors (Lipinski definition) is 4. The molecule has 0 aliphatic heterocycles. The van der Waals surface area contributed by atoms with Gasteiger partial charge in [0.05, 0.1) is 0 Å².